The van der Waals surface area contributed by atoms with Crippen LogP contribution in [0.25, 0.3) is 0 Å². The molecule has 1 saturated carbocycles. The fourth-order valence-electron chi connectivity index (χ4n) is 4.08. The van der Waals surface area contributed by atoms with Crippen LogP contribution < -0.4 is 5.32 Å². The van der Waals surface area contributed by atoms with Gasteiger partial charge in [-0.1, -0.05) is 63.1 Å². The summed E-state index contributed by atoms with van der Waals surface area (Å²) in [5, 5.41) is 12.9. The molecule has 6 heteroatoms. The summed E-state index contributed by atoms with van der Waals surface area (Å²) in [6, 6.07) is 6.25. The number of nitrogens with zero attached hydrogens (tertiary/aromatic N) is 3. The Kier molecular flexibility index (Phi) is 7.54. The first-order valence-electron chi connectivity index (χ1n) is 10.6. The van der Waals surface area contributed by atoms with Gasteiger partial charge in [0.05, 0.1) is 5.75 Å². The van der Waals surface area contributed by atoms with Crippen molar-refractivity contribution in [2.24, 2.45) is 0 Å². The highest BCUT2D eigenvalue weighted by atomic mass is 32.2. The molecule has 0 unspecified atom stereocenters. The van der Waals surface area contributed by atoms with Crippen molar-refractivity contribution in [3.05, 3.63) is 35.2 Å². The Balaban J connectivity index is 1.66. The lowest BCUT2D eigenvalue weighted by Gasteiger charge is -2.21. The molecule has 0 spiro atoms. The zero-order valence-corrected chi connectivity index (χ0v) is 18.1. The van der Waals surface area contributed by atoms with Crippen LogP contribution in [0.2, 0.25) is 0 Å². The molecule has 0 saturated heterocycles. The van der Waals surface area contributed by atoms with E-state index in [1.165, 1.54) is 55.0 Å². The second-order valence-electron chi connectivity index (χ2n) is 7.42. The van der Waals surface area contributed by atoms with Crippen LogP contribution >= 0.6 is 11.8 Å². The van der Waals surface area contributed by atoms with E-state index in [1.54, 1.807) is 0 Å². The van der Waals surface area contributed by atoms with E-state index in [0.29, 0.717) is 11.7 Å². The normalized spacial score (nSPS) is 15.0. The monoisotopic (exact) mass is 400 g/mol. The molecule has 0 atom stereocenters. The summed E-state index contributed by atoms with van der Waals surface area (Å²) in [6.45, 7) is 7.22. The van der Waals surface area contributed by atoms with E-state index in [0.717, 1.165) is 36.1 Å². The summed E-state index contributed by atoms with van der Waals surface area (Å²) in [5.41, 5.74) is 3.36. The smallest absolute Gasteiger partial charge is 0.234 e. The van der Waals surface area contributed by atoms with Crippen molar-refractivity contribution < 1.29 is 4.79 Å². The van der Waals surface area contributed by atoms with Gasteiger partial charge in [-0.15, -0.1) is 10.2 Å². The summed E-state index contributed by atoms with van der Waals surface area (Å²) in [4.78, 5) is 12.6. The number of thioether (sulfide) groups is 1. The van der Waals surface area contributed by atoms with Gasteiger partial charge in [-0.05, 0) is 43.7 Å². The van der Waals surface area contributed by atoms with Crippen molar-refractivity contribution in [1.82, 2.24) is 14.8 Å². The maximum atomic E-state index is 12.6. The fourth-order valence-corrected chi connectivity index (χ4v) is 4.88. The molecule has 28 heavy (non-hydrogen) atoms. The van der Waals surface area contributed by atoms with E-state index in [9.17, 15) is 4.79 Å². The summed E-state index contributed by atoms with van der Waals surface area (Å²) in [7, 11) is 0. The highest BCUT2D eigenvalue weighted by molar-refractivity contribution is 7.99. The molecule has 3 rings (SSSR count). The Morgan fingerprint density at radius 1 is 1.11 bits per heavy atom. The minimum atomic E-state index is 0.0190. The summed E-state index contributed by atoms with van der Waals surface area (Å²) >= 11 is 1.49. The standard InChI is InChI=1S/C22H32N4OS/c1-4-16-13-10-14-17(5-2)20(16)23-19(27)15-28-22-25-24-21(26(22)6-3)18-11-8-7-9-12-18/h10,13-14,18H,4-9,11-12,15H2,1-3H3,(H,23,27). The molecule has 1 aromatic heterocycles. The topological polar surface area (TPSA) is 59.8 Å². The Morgan fingerprint density at radius 3 is 2.39 bits per heavy atom. The first kappa shape index (κ1) is 20.9. The Bertz CT molecular complexity index is 774. The molecule has 1 aliphatic carbocycles. The van der Waals surface area contributed by atoms with Gasteiger partial charge in [-0.25, -0.2) is 0 Å². The summed E-state index contributed by atoms with van der Waals surface area (Å²) in [5.74, 6) is 2.00. The van der Waals surface area contributed by atoms with Crippen LogP contribution in [-0.2, 0) is 24.2 Å². The van der Waals surface area contributed by atoms with Gasteiger partial charge in [0, 0.05) is 18.2 Å². The Labute approximate surface area is 172 Å². The maximum absolute atomic E-state index is 12.6. The van der Waals surface area contributed by atoms with Crippen LogP contribution in [0.3, 0.4) is 0 Å². The molecule has 1 N–H and O–H groups in total. The van der Waals surface area contributed by atoms with Gasteiger partial charge in [0.2, 0.25) is 5.91 Å². The summed E-state index contributed by atoms with van der Waals surface area (Å²) in [6.07, 6.45) is 8.12. The first-order valence-corrected chi connectivity index (χ1v) is 11.6. The number of hydrogen-bond acceptors (Lipinski definition) is 4. The van der Waals surface area contributed by atoms with Gasteiger partial charge in [-0.3, -0.25) is 4.79 Å². The third kappa shape index (κ3) is 4.77. The molecule has 0 aliphatic heterocycles. The van der Waals surface area contributed by atoms with Gasteiger partial charge < -0.3 is 9.88 Å². The highest BCUT2D eigenvalue weighted by Gasteiger charge is 2.23. The molecular formula is C22H32N4OS. The van der Waals surface area contributed by atoms with E-state index in [4.69, 9.17) is 0 Å². The van der Waals surface area contributed by atoms with E-state index in [1.807, 2.05) is 0 Å². The number of carbonyl (C=O) groups excluding carboxylic acids is 1. The Morgan fingerprint density at radius 2 is 1.79 bits per heavy atom. The van der Waals surface area contributed by atoms with Crippen molar-refractivity contribution in [3.8, 4) is 0 Å². The molecule has 1 aliphatic rings. The van der Waals surface area contributed by atoms with Crippen molar-refractivity contribution in [1.29, 1.82) is 0 Å². The van der Waals surface area contributed by atoms with E-state index < -0.39 is 0 Å². The zero-order valence-electron chi connectivity index (χ0n) is 17.3. The lowest BCUT2D eigenvalue weighted by molar-refractivity contribution is -0.113. The number of anilines is 1. The Hall–Kier alpha value is -1.82. The fraction of sp³-hybridized carbons (Fsp3) is 0.591. The third-order valence-corrected chi connectivity index (χ3v) is 6.59. The van der Waals surface area contributed by atoms with Crippen molar-refractivity contribution >= 4 is 23.4 Å². The number of carbonyl (C=O) groups is 1. The highest BCUT2D eigenvalue weighted by Crippen LogP contribution is 2.33. The maximum Gasteiger partial charge on any atom is 0.234 e. The number of aryl methyl sites for hydroxylation is 2. The molecule has 1 fully saturated rings. The second kappa shape index (κ2) is 10.1. The molecule has 1 amide bonds. The van der Waals surface area contributed by atoms with Crippen LogP contribution in [0, 0.1) is 0 Å². The SMILES string of the molecule is CCc1cccc(CC)c1NC(=O)CSc1nnc(C2CCCCC2)n1CC. The number of amides is 1. The number of hydrogen-bond donors (Lipinski definition) is 1. The lowest BCUT2D eigenvalue weighted by atomic mass is 9.89. The van der Waals surface area contributed by atoms with Gasteiger partial charge in [0.25, 0.3) is 0 Å². The van der Waals surface area contributed by atoms with Crippen LogP contribution in [0.15, 0.2) is 23.4 Å². The van der Waals surface area contributed by atoms with Gasteiger partial charge >= 0.3 is 0 Å². The quantitative estimate of drug-likeness (QED) is 0.619. The summed E-state index contributed by atoms with van der Waals surface area (Å²) < 4.78 is 2.20. The molecule has 152 valence electrons. The zero-order chi connectivity index (χ0) is 19.9. The second-order valence-corrected chi connectivity index (χ2v) is 8.36. The van der Waals surface area contributed by atoms with Crippen molar-refractivity contribution in [2.45, 2.75) is 83.3 Å². The van der Waals surface area contributed by atoms with Gasteiger partial charge in [0.1, 0.15) is 5.82 Å². The predicted octanol–water partition coefficient (Wildman–Crippen LogP) is 5.20. The molecule has 0 bridgehead atoms. The minimum absolute atomic E-state index is 0.0190. The van der Waals surface area contributed by atoms with Crippen LogP contribution in [0.4, 0.5) is 5.69 Å². The largest absolute Gasteiger partial charge is 0.325 e. The van der Waals surface area contributed by atoms with E-state index >= 15 is 0 Å². The average molecular weight is 401 g/mol. The van der Waals surface area contributed by atoms with Crippen LogP contribution in [0.5, 0.6) is 0 Å². The molecule has 5 nitrogen and oxygen atoms in total. The minimum Gasteiger partial charge on any atom is -0.325 e. The average Bonchev–Trinajstić information content (AvgIpc) is 3.16. The number of aromatic nitrogens is 3. The number of benzene rings is 1. The molecule has 1 heterocycles. The first-order chi connectivity index (χ1) is 13.7. The molecular weight excluding hydrogens is 368 g/mol. The van der Waals surface area contributed by atoms with Crippen molar-refractivity contribution in [3.63, 3.8) is 0 Å². The molecule has 0 radical (unpaired) electrons. The van der Waals surface area contributed by atoms with Crippen molar-refractivity contribution in [2.75, 3.05) is 11.1 Å². The van der Waals surface area contributed by atoms with E-state index in [2.05, 4.69) is 59.1 Å². The number of rotatable bonds is 8. The van der Waals surface area contributed by atoms with Crippen LogP contribution in [0.1, 0.15) is 75.7 Å². The van der Waals surface area contributed by atoms with Gasteiger partial charge in [0.15, 0.2) is 5.16 Å². The third-order valence-electron chi connectivity index (χ3n) is 5.63. The van der Waals surface area contributed by atoms with Gasteiger partial charge in [-0.2, -0.15) is 0 Å². The number of para-hydroxylation sites is 1. The predicted molar refractivity (Wildman–Crippen MR) is 116 cm³/mol. The van der Waals surface area contributed by atoms with Crippen LogP contribution in [-0.4, -0.2) is 26.4 Å². The lowest BCUT2D eigenvalue weighted by Crippen LogP contribution is -2.17. The number of nitrogens with one attached hydrogen (secondary N) is 1. The molecule has 1 aromatic carbocycles. The molecule has 2 aromatic rings. The van der Waals surface area contributed by atoms with E-state index in [-0.39, 0.29) is 5.91 Å².